The van der Waals surface area contributed by atoms with Crippen molar-refractivity contribution in [1.82, 2.24) is 4.90 Å². The van der Waals surface area contributed by atoms with E-state index in [1.54, 1.807) is 6.08 Å². The molecule has 0 radical (unpaired) electrons. The average molecular weight is 563 g/mol. The number of hydrogen-bond acceptors (Lipinski definition) is 5. The molecule has 206 valence electrons. The highest BCUT2D eigenvalue weighted by molar-refractivity contribution is 8.26. The van der Waals surface area contributed by atoms with Gasteiger partial charge in [-0.3, -0.25) is 14.5 Å². The molecule has 2 unspecified atom stereocenters. The van der Waals surface area contributed by atoms with Gasteiger partial charge in [0.05, 0.1) is 4.91 Å². The van der Waals surface area contributed by atoms with Crippen molar-refractivity contribution in [2.45, 2.75) is 83.1 Å². The third-order valence-electron chi connectivity index (χ3n) is 9.20. The third kappa shape index (κ3) is 5.04. The number of carboxylic acid groups (broad SMARTS) is 1. The Hall–Kier alpha value is -2.64. The van der Waals surface area contributed by atoms with Crippen molar-refractivity contribution < 1.29 is 14.7 Å². The van der Waals surface area contributed by atoms with Gasteiger partial charge in [-0.05, 0) is 66.6 Å². The lowest BCUT2D eigenvalue weighted by Crippen LogP contribution is -2.56. The van der Waals surface area contributed by atoms with Crippen LogP contribution in [-0.4, -0.2) is 44.8 Å². The summed E-state index contributed by atoms with van der Waals surface area (Å²) in [5, 5.41) is 9.06. The van der Waals surface area contributed by atoms with E-state index < -0.39 is 12.5 Å². The van der Waals surface area contributed by atoms with Crippen molar-refractivity contribution >= 4 is 51.9 Å². The lowest BCUT2D eigenvalue weighted by Gasteiger charge is -2.50. The van der Waals surface area contributed by atoms with Crippen LogP contribution in [0, 0.1) is 0 Å². The van der Waals surface area contributed by atoms with Gasteiger partial charge in [0.1, 0.15) is 10.9 Å². The van der Waals surface area contributed by atoms with E-state index >= 15 is 0 Å². The average Bonchev–Trinajstić information content (AvgIpc) is 3.28. The van der Waals surface area contributed by atoms with Crippen LogP contribution in [0.2, 0.25) is 0 Å². The first-order valence-corrected chi connectivity index (χ1v) is 15.4. The molecule has 2 heterocycles. The van der Waals surface area contributed by atoms with E-state index in [1.807, 2.05) is 12.1 Å². The maximum Gasteiger partial charge on any atom is 0.323 e. The van der Waals surface area contributed by atoms with Crippen molar-refractivity contribution in [3.63, 3.8) is 0 Å². The number of nitrogens with zero attached hydrogens (tertiary/aromatic N) is 2. The zero-order chi connectivity index (χ0) is 27.8. The Balaban J connectivity index is 1.40. The maximum absolute atomic E-state index is 12.6. The molecule has 39 heavy (non-hydrogen) atoms. The second-order valence-electron chi connectivity index (χ2n) is 11.5. The van der Waals surface area contributed by atoms with Crippen molar-refractivity contribution in [3.8, 4) is 11.1 Å². The zero-order valence-electron chi connectivity index (χ0n) is 23.2. The number of carboxylic acids is 1. The summed E-state index contributed by atoms with van der Waals surface area (Å²) in [4.78, 5) is 28.0. The summed E-state index contributed by atoms with van der Waals surface area (Å²) >= 11 is 6.37. The van der Waals surface area contributed by atoms with Crippen molar-refractivity contribution in [2.24, 2.45) is 0 Å². The molecule has 0 bridgehead atoms. The summed E-state index contributed by atoms with van der Waals surface area (Å²) < 4.78 is 0.283. The van der Waals surface area contributed by atoms with Crippen LogP contribution in [0.15, 0.2) is 47.4 Å². The minimum atomic E-state index is -1.08. The summed E-state index contributed by atoms with van der Waals surface area (Å²) in [6, 6.07) is 15.3. The van der Waals surface area contributed by atoms with E-state index in [0.717, 1.165) is 34.3 Å². The first-order chi connectivity index (χ1) is 18.7. The molecule has 2 fully saturated rings. The minimum absolute atomic E-state index is 0.145. The number of thioether (sulfide) groups is 1. The van der Waals surface area contributed by atoms with Crippen LogP contribution >= 0.6 is 24.0 Å². The number of carbonyl (C=O) groups excluding carboxylic acids is 1. The molecule has 2 aromatic carbocycles. The highest BCUT2D eigenvalue weighted by atomic mass is 32.2. The van der Waals surface area contributed by atoms with Gasteiger partial charge >= 0.3 is 5.97 Å². The van der Waals surface area contributed by atoms with Crippen molar-refractivity contribution in [1.29, 1.82) is 0 Å². The molecule has 7 heteroatoms. The second-order valence-corrected chi connectivity index (χ2v) is 13.2. The number of thiocarbonyl (C=S) groups is 1. The lowest BCUT2D eigenvalue weighted by molar-refractivity contribution is -0.140. The summed E-state index contributed by atoms with van der Waals surface area (Å²) in [6.45, 7) is 7.98. The molecule has 1 amide bonds. The van der Waals surface area contributed by atoms with E-state index in [9.17, 15) is 9.59 Å². The largest absolute Gasteiger partial charge is 0.480 e. The van der Waals surface area contributed by atoms with E-state index in [-0.39, 0.29) is 21.2 Å². The molecular formula is C32H38N2O3S2. The first-order valence-electron chi connectivity index (χ1n) is 14.2. The number of carbonyl (C=O) groups is 2. The highest BCUT2D eigenvalue weighted by Crippen LogP contribution is 2.59. The monoisotopic (exact) mass is 562 g/mol. The second kappa shape index (κ2) is 11.1. The van der Waals surface area contributed by atoms with Gasteiger partial charge < -0.3 is 10.0 Å². The highest BCUT2D eigenvalue weighted by Gasteiger charge is 2.56. The molecule has 1 saturated carbocycles. The molecule has 1 N–H and O–H groups in total. The van der Waals surface area contributed by atoms with Gasteiger partial charge in [0, 0.05) is 23.2 Å². The van der Waals surface area contributed by atoms with Gasteiger partial charge in [0.2, 0.25) is 0 Å². The Bertz CT molecular complexity index is 1320. The van der Waals surface area contributed by atoms with E-state index in [4.69, 9.17) is 17.3 Å². The zero-order valence-corrected chi connectivity index (χ0v) is 24.8. The van der Waals surface area contributed by atoms with Crippen molar-refractivity contribution in [3.05, 3.63) is 58.5 Å². The molecule has 3 aliphatic rings. The Kier molecular flexibility index (Phi) is 7.93. The number of hydrogen-bond donors (Lipinski definition) is 1. The van der Waals surface area contributed by atoms with Gasteiger partial charge in [-0.25, -0.2) is 0 Å². The fraction of sp³-hybridized carbons (Fsp3) is 0.469. The van der Waals surface area contributed by atoms with Crippen LogP contribution in [0.3, 0.4) is 0 Å². The Labute approximate surface area is 241 Å². The Morgan fingerprint density at radius 1 is 1.05 bits per heavy atom. The fourth-order valence-electron chi connectivity index (χ4n) is 6.77. The molecule has 1 saturated heterocycles. The Morgan fingerprint density at radius 3 is 2.49 bits per heavy atom. The SMILES string of the molecule is CCCCCCN1c2ccc(-c3ccc(/C=C4\SC(=S)N(CC(=O)O)C4=O)cc3)cc2C2(C)CCCCC12C. The number of anilines is 1. The normalized spacial score (nSPS) is 25.4. The molecular weight excluding hydrogens is 524 g/mol. The molecule has 2 aromatic rings. The van der Waals surface area contributed by atoms with Crippen LogP contribution in [0.4, 0.5) is 5.69 Å². The molecule has 2 aliphatic heterocycles. The lowest BCUT2D eigenvalue weighted by atomic mass is 9.61. The topological polar surface area (TPSA) is 60.9 Å². The summed E-state index contributed by atoms with van der Waals surface area (Å²) in [6.07, 6.45) is 12.0. The Morgan fingerprint density at radius 2 is 1.77 bits per heavy atom. The standard InChI is InChI=1S/C32H38N2O3S2/c1-4-5-6-9-18-34-26-15-14-24(20-25(26)31(2)16-7-8-17-32(31,34)3)23-12-10-22(11-13-23)19-27-29(37)33(21-28(35)36)30(38)39-27/h10-15,19-20H,4-9,16-18,21H2,1-3H3,(H,35,36)/b27-19-. The minimum Gasteiger partial charge on any atom is -0.480 e. The van der Waals surface area contributed by atoms with E-state index in [1.165, 1.54) is 68.2 Å². The van der Waals surface area contributed by atoms with E-state index in [2.05, 4.69) is 56.0 Å². The first kappa shape index (κ1) is 27.9. The van der Waals surface area contributed by atoms with Crippen LogP contribution in [0.1, 0.15) is 83.3 Å². The van der Waals surface area contributed by atoms with Crippen LogP contribution < -0.4 is 4.90 Å². The fourth-order valence-corrected chi connectivity index (χ4v) is 8.02. The molecule has 5 nitrogen and oxygen atoms in total. The number of unbranched alkanes of at least 4 members (excludes halogenated alkanes) is 3. The summed E-state index contributed by atoms with van der Waals surface area (Å²) in [5.74, 6) is -1.42. The predicted octanol–water partition coefficient (Wildman–Crippen LogP) is 7.63. The number of amides is 1. The summed E-state index contributed by atoms with van der Waals surface area (Å²) in [7, 11) is 0. The van der Waals surface area contributed by atoms with Gasteiger partial charge in [0.15, 0.2) is 0 Å². The molecule has 0 aromatic heterocycles. The third-order valence-corrected chi connectivity index (χ3v) is 10.6. The van der Waals surface area contributed by atoms with Crippen LogP contribution in [-0.2, 0) is 15.0 Å². The van der Waals surface area contributed by atoms with Crippen LogP contribution in [0.5, 0.6) is 0 Å². The number of fused-ring (bicyclic) bond motifs is 3. The van der Waals surface area contributed by atoms with E-state index in [0.29, 0.717) is 4.91 Å². The molecule has 5 rings (SSSR count). The smallest absolute Gasteiger partial charge is 0.323 e. The van der Waals surface area contributed by atoms with Crippen molar-refractivity contribution in [2.75, 3.05) is 18.0 Å². The van der Waals surface area contributed by atoms with Gasteiger partial charge in [-0.1, -0.05) is 100 Å². The molecule has 0 spiro atoms. The van der Waals surface area contributed by atoms with Gasteiger partial charge in [-0.2, -0.15) is 0 Å². The number of rotatable bonds is 9. The maximum atomic E-state index is 12.6. The molecule has 1 aliphatic carbocycles. The quantitative estimate of drug-likeness (QED) is 0.193. The molecule has 2 atom stereocenters. The number of benzene rings is 2. The van der Waals surface area contributed by atoms with Gasteiger partial charge in [0.25, 0.3) is 5.91 Å². The van der Waals surface area contributed by atoms with Gasteiger partial charge in [-0.15, -0.1) is 0 Å². The predicted molar refractivity (Wildman–Crippen MR) is 165 cm³/mol. The van der Waals surface area contributed by atoms with Crippen LogP contribution in [0.25, 0.3) is 17.2 Å². The number of aliphatic carboxylic acids is 1. The summed E-state index contributed by atoms with van der Waals surface area (Å²) in [5.41, 5.74) is 6.47.